The highest BCUT2D eigenvalue weighted by Crippen LogP contribution is 2.28. The first-order valence-corrected chi connectivity index (χ1v) is 6.93. The molecule has 1 aliphatic rings. The topological polar surface area (TPSA) is 67.9 Å². The number of hydrogen-bond donors (Lipinski definition) is 1. The summed E-state index contributed by atoms with van der Waals surface area (Å²) < 4.78 is 10.3. The van der Waals surface area contributed by atoms with Crippen molar-refractivity contribution < 1.29 is 19.1 Å². The molecule has 0 aliphatic carbocycles. The van der Waals surface area contributed by atoms with Crippen LogP contribution >= 0.6 is 0 Å². The third kappa shape index (κ3) is 3.87. The quantitative estimate of drug-likeness (QED) is 0.896. The Hall–Kier alpha value is -2.24. The van der Waals surface area contributed by atoms with Gasteiger partial charge in [0.15, 0.2) is 0 Å². The Kier molecular flexibility index (Phi) is 5.03. The van der Waals surface area contributed by atoms with E-state index in [0.29, 0.717) is 30.2 Å². The molecule has 6 nitrogen and oxygen atoms in total. The number of anilines is 1. The van der Waals surface area contributed by atoms with Crippen LogP contribution in [-0.2, 0) is 9.59 Å². The van der Waals surface area contributed by atoms with Crippen LogP contribution in [0.3, 0.4) is 0 Å². The number of carbonyl (C=O) groups excluding carboxylic acids is 2. The van der Waals surface area contributed by atoms with Gasteiger partial charge >= 0.3 is 0 Å². The first-order valence-electron chi connectivity index (χ1n) is 6.93. The second kappa shape index (κ2) is 6.97. The van der Waals surface area contributed by atoms with Gasteiger partial charge in [0, 0.05) is 19.0 Å². The van der Waals surface area contributed by atoms with Gasteiger partial charge in [-0.1, -0.05) is 0 Å². The van der Waals surface area contributed by atoms with Gasteiger partial charge in [-0.25, -0.2) is 0 Å². The van der Waals surface area contributed by atoms with Gasteiger partial charge in [-0.15, -0.1) is 0 Å². The van der Waals surface area contributed by atoms with Crippen LogP contribution in [0.4, 0.5) is 5.69 Å². The lowest BCUT2D eigenvalue weighted by atomic mass is 10.1. The molecular formula is C15H20N2O4. The number of carbonyl (C=O) groups is 2. The van der Waals surface area contributed by atoms with Crippen molar-refractivity contribution in [1.29, 1.82) is 0 Å². The van der Waals surface area contributed by atoms with E-state index in [-0.39, 0.29) is 18.4 Å². The molecule has 0 saturated carbocycles. The van der Waals surface area contributed by atoms with Crippen LogP contribution < -0.4 is 14.8 Å². The maximum Gasteiger partial charge on any atom is 0.244 e. The van der Waals surface area contributed by atoms with E-state index >= 15 is 0 Å². The first-order chi connectivity index (χ1) is 10.1. The Labute approximate surface area is 124 Å². The molecule has 1 aromatic carbocycles. The standard InChI is InChI=1S/C15H20N2O4/c1-20-11-6-7-13(21-2)12(9-11)16-14(18)10-17-8-4-3-5-15(17)19/h6-7,9H,3-5,8,10H2,1-2H3,(H,16,18). The third-order valence-corrected chi connectivity index (χ3v) is 3.44. The molecular weight excluding hydrogens is 272 g/mol. The predicted octanol–water partition coefficient (Wildman–Crippen LogP) is 1.65. The molecule has 0 unspecified atom stereocenters. The van der Waals surface area contributed by atoms with Crippen LogP contribution in [0.2, 0.25) is 0 Å². The second-order valence-corrected chi connectivity index (χ2v) is 4.89. The fraction of sp³-hybridized carbons (Fsp3) is 0.467. The van der Waals surface area contributed by atoms with Crippen molar-refractivity contribution in [2.45, 2.75) is 19.3 Å². The van der Waals surface area contributed by atoms with Crippen LogP contribution in [0.25, 0.3) is 0 Å². The minimum Gasteiger partial charge on any atom is -0.497 e. The average Bonchev–Trinajstić information content (AvgIpc) is 2.49. The summed E-state index contributed by atoms with van der Waals surface area (Å²) in [5.74, 6) is 0.972. The van der Waals surface area contributed by atoms with Crippen molar-refractivity contribution in [3.63, 3.8) is 0 Å². The van der Waals surface area contributed by atoms with Crippen molar-refractivity contribution in [2.75, 3.05) is 32.6 Å². The van der Waals surface area contributed by atoms with Gasteiger partial charge in [-0.2, -0.15) is 0 Å². The summed E-state index contributed by atoms with van der Waals surface area (Å²) in [7, 11) is 3.09. The first kappa shape index (κ1) is 15.2. The van der Waals surface area contributed by atoms with Crippen LogP contribution in [0.15, 0.2) is 18.2 Å². The number of rotatable bonds is 5. The molecule has 1 fully saturated rings. The van der Waals surface area contributed by atoms with Crippen molar-refractivity contribution in [3.05, 3.63) is 18.2 Å². The Morgan fingerprint density at radius 2 is 2.10 bits per heavy atom. The summed E-state index contributed by atoms with van der Waals surface area (Å²) >= 11 is 0. The summed E-state index contributed by atoms with van der Waals surface area (Å²) in [5.41, 5.74) is 0.534. The normalized spacial score (nSPS) is 14.8. The Morgan fingerprint density at radius 1 is 1.29 bits per heavy atom. The van der Waals surface area contributed by atoms with Crippen molar-refractivity contribution in [2.24, 2.45) is 0 Å². The highest BCUT2D eigenvalue weighted by atomic mass is 16.5. The molecule has 0 spiro atoms. The lowest BCUT2D eigenvalue weighted by molar-refractivity contribution is -0.136. The molecule has 0 atom stereocenters. The van der Waals surface area contributed by atoms with Crippen LogP contribution in [-0.4, -0.2) is 44.0 Å². The van der Waals surface area contributed by atoms with E-state index in [4.69, 9.17) is 9.47 Å². The molecule has 1 aliphatic heterocycles. The van der Waals surface area contributed by atoms with Crippen LogP contribution in [0, 0.1) is 0 Å². The molecule has 0 radical (unpaired) electrons. The summed E-state index contributed by atoms with van der Waals surface area (Å²) in [6.45, 7) is 0.709. The van der Waals surface area contributed by atoms with Gasteiger partial charge in [0.1, 0.15) is 11.5 Å². The largest absolute Gasteiger partial charge is 0.497 e. The maximum atomic E-state index is 12.1. The maximum absolute atomic E-state index is 12.1. The van der Waals surface area contributed by atoms with E-state index in [9.17, 15) is 9.59 Å². The fourth-order valence-electron chi connectivity index (χ4n) is 2.30. The van der Waals surface area contributed by atoms with Gasteiger partial charge in [0.25, 0.3) is 0 Å². The van der Waals surface area contributed by atoms with Gasteiger partial charge < -0.3 is 19.7 Å². The number of amides is 2. The van der Waals surface area contributed by atoms with Gasteiger partial charge in [-0.05, 0) is 25.0 Å². The summed E-state index contributed by atoms with van der Waals surface area (Å²) in [5, 5.41) is 2.77. The number of likely N-dealkylation sites (tertiary alicyclic amines) is 1. The number of hydrogen-bond acceptors (Lipinski definition) is 4. The minimum absolute atomic E-state index is 0.0361. The highest BCUT2D eigenvalue weighted by Gasteiger charge is 2.21. The molecule has 0 aromatic heterocycles. The molecule has 2 rings (SSSR count). The lowest BCUT2D eigenvalue weighted by Crippen LogP contribution is -2.40. The van der Waals surface area contributed by atoms with E-state index < -0.39 is 0 Å². The van der Waals surface area contributed by atoms with E-state index in [2.05, 4.69) is 5.32 Å². The van der Waals surface area contributed by atoms with Crippen molar-refractivity contribution in [3.8, 4) is 11.5 Å². The lowest BCUT2D eigenvalue weighted by Gasteiger charge is -2.26. The summed E-state index contributed by atoms with van der Waals surface area (Å²) in [4.78, 5) is 25.4. The number of benzene rings is 1. The van der Waals surface area contributed by atoms with Crippen molar-refractivity contribution in [1.82, 2.24) is 4.90 Å². The smallest absolute Gasteiger partial charge is 0.244 e. The SMILES string of the molecule is COc1ccc(OC)c(NC(=O)CN2CCCCC2=O)c1. The van der Waals surface area contributed by atoms with Crippen LogP contribution in [0.1, 0.15) is 19.3 Å². The monoisotopic (exact) mass is 292 g/mol. The number of nitrogens with zero attached hydrogens (tertiary/aromatic N) is 1. The molecule has 1 aromatic rings. The number of piperidine rings is 1. The Balaban J connectivity index is 2.03. The van der Waals surface area contributed by atoms with Gasteiger partial charge in [-0.3, -0.25) is 9.59 Å². The molecule has 2 amide bonds. The average molecular weight is 292 g/mol. The molecule has 1 N–H and O–H groups in total. The number of ether oxygens (including phenoxy) is 2. The van der Waals surface area contributed by atoms with Gasteiger partial charge in [0.2, 0.25) is 11.8 Å². The minimum atomic E-state index is -0.239. The van der Waals surface area contributed by atoms with E-state index in [1.165, 1.54) is 7.11 Å². The molecule has 114 valence electrons. The fourth-order valence-corrected chi connectivity index (χ4v) is 2.30. The summed E-state index contributed by atoms with van der Waals surface area (Å²) in [6.07, 6.45) is 2.37. The van der Waals surface area contributed by atoms with E-state index in [1.54, 1.807) is 30.2 Å². The zero-order valence-corrected chi connectivity index (χ0v) is 12.3. The summed E-state index contributed by atoms with van der Waals surface area (Å²) in [6, 6.07) is 5.16. The molecule has 1 heterocycles. The number of nitrogens with one attached hydrogen (secondary N) is 1. The van der Waals surface area contributed by atoms with E-state index in [0.717, 1.165) is 12.8 Å². The third-order valence-electron chi connectivity index (χ3n) is 3.44. The second-order valence-electron chi connectivity index (χ2n) is 4.89. The van der Waals surface area contributed by atoms with E-state index in [1.807, 2.05) is 0 Å². The zero-order chi connectivity index (χ0) is 15.2. The van der Waals surface area contributed by atoms with Crippen LogP contribution in [0.5, 0.6) is 11.5 Å². The Morgan fingerprint density at radius 3 is 2.76 bits per heavy atom. The molecule has 1 saturated heterocycles. The van der Waals surface area contributed by atoms with Gasteiger partial charge in [0.05, 0.1) is 26.5 Å². The Bertz CT molecular complexity index is 530. The highest BCUT2D eigenvalue weighted by molar-refractivity contribution is 5.96. The number of methoxy groups -OCH3 is 2. The van der Waals surface area contributed by atoms with Crippen molar-refractivity contribution >= 4 is 17.5 Å². The predicted molar refractivity (Wildman–Crippen MR) is 78.6 cm³/mol. The zero-order valence-electron chi connectivity index (χ0n) is 12.3. The molecule has 6 heteroatoms. The molecule has 21 heavy (non-hydrogen) atoms. The molecule has 0 bridgehead atoms.